The maximum Gasteiger partial charge on any atom is 0.319 e. The minimum absolute atomic E-state index is 0.0180. The number of carbonyl (C=O) groups excluding carboxylic acids is 1. The Morgan fingerprint density at radius 3 is 2.43 bits per heavy atom. The van der Waals surface area contributed by atoms with Crippen molar-refractivity contribution in [3.05, 3.63) is 0 Å². The van der Waals surface area contributed by atoms with Crippen LogP contribution in [0.25, 0.3) is 0 Å². The van der Waals surface area contributed by atoms with Gasteiger partial charge in [0.15, 0.2) is 0 Å². The number of hydrogen-bond acceptors (Lipinski definition) is 2. The number of carbonyl (C=O) groups is 1. The Morgan fingerprint density at radius 2 is 2.00 bits per heavy atom. The Bertz CT molecular complexity index is 187. The zero-order valence-corrected chi connectivity index (χ0v) is 7.62. The first-order valence-electron chi connectivity index (χ1n) is 3.97. The SMILES string of the molecule is CNC(=O)CCNCC(F)(F)C(F)F. The van der Waals surface area contributed by atoms with Crippen LogP contribution < -0.4 is 10.6 Å². The molecule has 0 heterocycles. The molecule has 0 unspecified atom stereocenters. The van der Waals surface area contributed by atoms with Crippen LogP contribution in [0.4, 0.5) is 17.6 Å². The van der Waals surface area contributed by atoms with E-state index in [9.17, 15) is 22.4 Å². The average Bonchev–Trinajstić information content (AvgIpc) is 2.11. The van der Waals surface area contributed by atoms with Gasteiger partial charge in [0.05, 0.1) is 6.54 Å². The smallest absolute Gasteiger partial charge is 0.319 e. The van der Waals surface area contributed by atoms with Crippen molar-refractivity contribution in [2.45, 2.75) is 18.8 Å². The summed E-state index contributed by atoms with van der Waals surface area (Å²) in [7, 11) is 1.40. The van der Waals surface area contributed by atoms with Gasteiger partial charge in [0.25, 0.3) is 0 Å². The molecule has 0 aliphatic rings. The van der Waals surface area contributed by atoms with Gasteiger partial charge in [-0.05, 0) is 0 Å². The molecule has 0 spiro atoms. The van der Waals surface area contributed by atoms with Crippen molar-refractivity contribution in [3.8, 4) is 0 Å². The predicted octanol–water partition coefficient (Wildman–Crippen LogP) is 0.612. The van der Waals surface area contributed by atoms with Crippen molar-refractivity contribution >= 4 is 5.91 Å². The monoisotopic (exact) mass is 216 g/mol. The highest BCUT2D eigenvalue weighted by atomic mass is 19.3. The third-order valence-corrected chi connectivity index (χ3v) is 1.49. The van der Waals surface area contributed by atoms with E-state index in [0.717, 1.165) is 0 Å². The first kappa shape index (κ1) is 13.2. The van der Waals surface area contributed by atoms with Gasteiger partial charge in [0.1, 0.15) is 0 Å². The number of rotatable bonds is 6. The lowest BCUT2D eigenvalue weighted by molar-refractivity contribution is -0.126. The van der Waals surface area contributed by atoms with Crippen LogP contribution in [0.1, 0.15) is 6.42 Å². The van der Waals surface area contributed by atoms with Gasteiger partial charge in [0, 0.05) is 20.0 Å². The third-order valence-electron chi connectivity index (χ3n) is 1.49. The maximum absolute atomic E-state index is 12.2. The molecule has 84 valence electrons. The molecule has 0 atom stereocenters. The zero-order chi connectivity index (χ0) is 11.2. The normalized spacial score (nSPS) is 11.9. The minimum Gasteiger partial charge on any atom is -0.359 e. The van der Waals surface area contributed by atoms with Crippen LogP contribution in [0, 0.1) is 0 Å². The first-order valence-corrected chi connectivity index (χ1v) is 3.97. The summed E-state index contributed by atoms with van der Waals surface area (Å²) in [4.78, 5) is 10.6. The van der Waals surface area contributed by atoms with Crippen LogP contribution >= 0.6 is 0 Å². The van der Waals surface area contributed by atoms with E-state index in [2.05, 4.69) is 10.6 Å². The summed E-state index contributed by atoms with van der Waals surface area (Å²) in [6.07, 6.45) is -3.70. The van der Waals surface area contributed by atoms with Gasteiger partial charge < -0.3 is 10.6 Å². The summed E-state index contributed by atoms with van der Waals surface area (Å²) in [5.74, 6) is -4.37. The fourth-order valence-electron chi connectivity index (χ4n) is 0.659. The van der Waals surface area contributed by atoms with E-state index in [1.165, 1.54) is 7.05 Å². The van der Waals surface area contributed by atoms with E-state index >= 15 is 0 Å². The highest BCUT2D eigenvalue weighted by Gasteiger charge is 2.39. The number of nitrogens with one attached hydrogen (secondary N) is 2. The molecule has 2 N–H and O–H groups in total. The van der Waals surface area contributed by atoms with Crippen LogP contribution in [0.3, 0.4) is 0 Å². The Kier molecular flexibility index (Phi) is 5.44. The van der Waals surface area contributed by atoms with Crippen LogP contribution in [-0.2, 0) is 4.79 Å². The summed E-state index contributed by atoms with van der Waals surface area (Å²) >= 11 is 0. The Hall–Kier alpha value is -0.850. The molecule has 0 radical (unpaired) electrons. The molecule has 1 amide bonds. The van der Waals surface area contributed by atoms with Crippen LogP contribution in [0.5, 0.6) is 0 Å². The standard InChI is InChI=1S/C7H12F4N2O/c1-12-5(14)2-3-13-4-7(10,11)6(8)9/h6,13H,2-4H2,1H3,(H,12,14). The van der Waals surface area contributed by atoms with Gasteiger partial charge in [-0.3, -0.25) is 4.79 Å². The summed E-state index contributed by atoms with van der Waals surface area (Å²) in [6.45, 7) is -1.18. The van der Waals surface area contributed by atoms with Crippen LogP contribution in [0.2, 0.25) is 0 Å². The van der Waals surface area contributed by atoms with Crippen molar-refractivity contribution < 1.29 is 22.4 Å². The topological polar surface area (TPSA) is 41.1 Å². The van der Waals surface area contributed by atoms with E-state index in [0.29, 0.717) is 0 Å². The predicted molar refractivity (Wildman–Crippen MR) is 42.5 cm³/mol. The van der Waals surface area contributed by atoms with E-state index in [4.69, 9.17) is 0 Å². The summed E-state index contributed by atoms with van der Waals surface area (Å²) in [5.41, 5.74) is 0. The molecule has 0 aliphatic heterocycles. The average molecular weight is 216 g/mol. The summed E-state index contributed by atoms with van der Waals surface area (Å²) in [5, 5.41) is 4.35. The number of alkyl halides is 4. The highest BCUT2D eigenvalue weighted by molar-refractivity contribution is 5.75. The van der Waals surface area contributed by atoms with Crippen molar-refractivity contribution in [2.24, 2.45) is 0 Å². The Morgan fingerprint density at radius 1 is 1.43 bits per heavy atom. The fourth-order valence-corrected chi connectivity index (χ4v) is 0.659. The lowest BCUT2D eigenvalue weighted by Gasteiger charge is -2.15. The van der Waals surface area contributed by atoms with Crippen molar-refractivity contribution in [3.63, 3.8) is 0 Å². The minimum atomic E-state index is -4.04. The van der Waals surface area contributed by atoms with Gasteiger partial charge in [-0.25, -0.2) is 8.78 Å². The van der Waals surface area contributed by atoms with Gasteiger partial charge in [-0.2, -0.15) is 8.78 Å². The zero-order valence-electron chi connectivity index (χ0n) is 7.62. The molecule has 0 aromatic rings. The molecular weight excluding hydrogens is 204 g/mol. The summed E-state index contributed by atoms with van der Waals surface area (Å²) in [6, 6.07) is 0. The van der Waals surface area contributed by atoms with Gasteiger partial charge in [-0.1, -0.05) is 0 Å². The van der Waals surface area contributed by atoms with Gasteiger partial charge >= 0.3 is 12.3 Å². The molecule has 7 heteroatoms. The maximum atomic E-state index is 12.2. The number of hydrogen-bond donors (Lipinski definition) is 2. The molecule has 0 saturated heterocycles. The summed E-state index contributed by atoms with van der Waals surface area (Å²) < 4.78 is 47.7. The Balaban J connectivity index is 3.59. The van der Waals surface area contributed by atoms with Crippen LogP contribution in [0.15, 0.2) is 0 Å². The molecule has 0 aromatic carbocycles. The number of amides is 1. The van der Waals surface area contributed by atoms with E-state index in [1.54, 1.807) is 0 Å². The molecular formula is C7H12F4N2O. The second-order valence-electron chi connectivity index (χ2n) is 2.66. The lowest BCUT2D eigenvalue weighted by atomic mass is 10.3. The second kappa shape index (κ2) is 5.79. The van der Waals surface area contributed by atoms with Crippen LogP contribution in [-0.4, -0.2) is 38.4 Å². The lowest BCUT2D eigenvalue weighted by Crippen LogP contribution is -2.39. The van der Waals surface area contributed by atoms with Crippen molar-refractivity contribution in [2.75, 3.05) is 20.1 Å². The first-order chi connectivity index (χ1) is 6.40. The molecule has 3 nitrogen and oxygen atoms in total. The molecule has 0 aromatic heterocycles. The largest absolute Gasteiger partial charge is 0.359 e. The van der Waals surface area contributed by atoms with Crippen molar-refractivity contribution in [1.29, 1.82) is 0 Å². The van der Waals surface area contributed by atoms with E-state index < -0.39 is 18.9 Å². The third kappa shape index (κ3) is 5.00. The van der Waals surface area contributed by atoms with Gasteiger partial charge in [0.2, 0.25) is 5.91 Å². The quantitative estimate of drug-likeness (QED) is 0.504. The van der Waals surface area contributed by atoms with Gasteiger partial charge in [-0.15, -0.1) is 0 Å². The molecule has 0 fully saturated rings. The molecule has 0 saturated carbocycles. The second-order valence-corrected chi connectivity index (χ2v) is 2.66. The number of halogens is 4. The molecule has 0 aliphatic carbocycles. The molecule has 0 rings (SSSR count). The Labute approximate surface area is 78.9 Å². The van der Waals surface area contributed by atoms with Crippen molar-refractivity contribution in [1.82, 2.24) is 10.6 Å². The fraction of sp³-hybridized carbons (Fsp3) is 0.857. The molecule has 0 bridgehead atoms. The van der Waals surface area contributed by atoms with E-state index in [1.807, 2.05) is 0 Å². The van der Waals surface area contributed by atoms with E-state index in [-0.39, 0.29) is 18.9 Å². The highest BCUT2D eigenvalue weighted by Crippen LogP contribution is 2.21. The molecule has 14 heavy (non-hydrogen) atoms.